The van der Waals surface area contributed by atoms with Gasteiger partial charge in [0.15, 0.2) is 0 Å². The van der Waals surface area contributed by atoms with Crippen LogP contribution in [0.1, 0.15) is 13.8 Å². The van der Waals surface area contributed by atoms with E-state index >= 15 is 0 Å². The van der Waals surface area contributed by atoms with Crippen molar-refractivity contribution in [2.75, 3.05) is 6.61 Å². The van der Waals surface area contributed by atoms with Crippen LogP contribution in [0.5, 0.6) is 0 Å². The predicted molar refractivity (Wildman–Crippen MR) is 31.9 cm³/mol. The van der Waals surface area contributed by atoms with E-state index in [-0.39, 0.29) is 6.61 Å². The summed E-state index contributed by atoms with van der Waals surface area (Å²) in [5, 5.41) is 27.4. The highest BCUT2D eigenvalue weighted by Crippen LogP contribution is 2.18. The van der Waals surface area contributed by atoms with Crippen molar-refractivity contribution in [3.8, 4) is 0 Å². The lowest BCUT2D eigenvalue weighted by atomic mass is 9.88. The third-order valence-electron chi connectivity index (χ3n) is 1.37. The van der Waals surface area contributed by atoms with Crippen molar-refractivity contribution < 1.29 is 20.1 Å². The normalized spacial score (nSPS) is 14.8. The maximum absolute atomic E-state index is 10.0. The summed E-state index contributed by atoms with van der Waals surface area (Å²) in [7, 11) is 0. The van der Waals surface area contributed by atoms with Gasteiger partial charge < -0.3 is 20.1 Å². The van der Waals surface area contributed by atoms with Crippen LogP contribution in [0.4, 0.5) is 0 Å². The van der Waals surface area contributed by atoms with Gasteiger partial charge in [0, 0.05) is 5.41 Å². The molecule has 0 aliphatic heterocycles. The van der Waals surface area contributed by atoms with Crippen molar-refractivity contribution in [2.45, 2.75) is 20.0 Å². The van der Waals surface area contributed by atoms with E-state index in [0.29, 0.717) is 0 Å². The second-order valence-electron chi connectivity index (χ2n) is 2.87. The molecule has 0 saturated heterocycles. The Kier molecular flexibility index (Phi) is 2.80. The average Bonchev–Trinajstić information content (AvgIpc) is 1.86. The lowest BCUT2D eigenvalue weighted by Crippen LogP contribution is -2.46. The second kappa shape index (κ2) is 2.98. The maximum atomic E-state index is 10.0. The molecule has 60 valence electrons. The van der Waals surface area contributed by atoms with Crippen LogP contribution in [0.3, 0.4) is 0 Å². The molecule has 0 bridgehead atoms. The minimum Gasteiger partial charge on any atom is -0.547 e. The molecule has 0 saturated carbocycles. The highest BCUT2D eigenvalue weighted by atomic mass is 16.4. The first-order chi connectivity index (χ1) is 4.41. The first kappa shape index (κ1) is 9.39. The Morgan fingerprint density at radius 3 is 2.20 bits per heavy atom. The molecule has 0 radical (unpaired) electrons. The van der Waals surface area contributed by atoms with Crippen molar-refractivity contribution in [3.05, 3.63) is 0 Å². The number of carbonyl (C=O) groups excluding carboxylic acids is 1. The number of carbonyl (C=O) groups is 1. The molecule has 0 heterocycles. The van der Waals surface area contributed by atoms with E-state index in [9.17, 15) is 9.90 Å². The quantitative estimate of drug-likeness (QED) is 0.489. The number of aliphatic carboxylic acids is 1. The molecule has 2 N–H and O–H groups in total. The number of hydrogen-bond donors (Lipinski definition) is 2. The summed E-state index contributed by atoms with van der Waals surface area (Å²) in [6, 6.07) is 0. The van der Waals surface area contributed by atoms with Gasteiger partial charge in [0.05, 0.1) is 12.6 Å². The van der Waals surface area contributed by atoms with Crippen molar-refractivity contribution in [2.24, 2.45) is 5.41 Å². The zero-order valence-corrected chi connectivity index (χ0v) is 6.00. The van der Waals surface area contributed by atoms with Crippen molar-refractivity contribution in [1.82, 2.24) is 0 Å². The number of rotatable bonds is 3. The Labute approximate surface area is 59.1 Å². The summed E-state index contributed by atoms with van der Waals surface area (Å²) in [4.78, 5) is 10.0. The first-order valence-electron chi connectivity index (χ1n) is 2.91. The molecular weight excluding hydrogens is 136 g/mol. The summed E-state index contributed by atoms with van der Waals surface area (Å²) < 4.78 is 0. The van der Waals surface area contributed by atoms with Gasteiger partial charge >= 0.3 is 0 Å². The lowest BCUT2D eigenvalue weighted by molar-refractivity contribution is -0.319. The van der Waals surface area contributed by atoms with E-state index in [1.165, 1.54) is 13.8 Å². The third-order valence-corrected chi connectivity index (χ3v) is 1.37. The van der Waals surface area contributed by atoms with Crippen LogP contribution in [0, 0.1) is 5.41 Å². The summed E-state index contributed by atoms with van der Waals surface area (Å²) in [5.41, 5.74) is -1.03. The van der Waals surface area contributed by atoms with Gasteiger partial charge in [-0.05, 0) is 0 Å². The predicted octanol–water partition coefficient (Wildman–Crippen LogP) is -1.88. The van der Waals surface area contributed by atoms with Crippen LogP contribution in [0.25, 0.3) is 0 Å². The fourth-order valence-electron chi connectivity index (χ4n) is 0.406. The average molecular weight is 147 g/mol. The molecule has 0 fully saturated rings. The van der Waals surface area contributed by atoms with Crippen LogP contribution >= 0.6 is 0 Å². The van der Waals surface area contributed by atoms with Crippen LogP contribution in [0.2, 0.25) is 0 Å². The Hall–Kier alpha value is -0.610. The van der Waals surface area contributed by atoms with E-state index in [1.54, 1.807) is 0 Å². The van der Waals surface area contributed by atoms with Gasteiger partial charge in [-0.25, -0.2) is 0 Å². The van der Waals surface area contributed by atoms with E-state index in [0.717, 1.165) is 0 Å². The number of aliphatic hydroxyl groups is 2. The van der Waals surface area contributed by atoms with Gasteiger partial charge in [0.25, 0.3) is 0 Å². The molecule has 4 heteroatoms. The molecule has 4 nitrogen and oxygen atoms in total. The molecule has 0 rings (SSSR count). The standard InChI is InChI=1S/C6H12O4/c1-6(2,3-7)4(8)5(9)10/h4,7-8H,3H2,1-2H3,(H,9,10)/p-1. The number of carboxylic acid groups (broad SMARTS) is 1. The molecule has 0 amide bonds. The lowest BCUT2D eigenvalue weighted by Gasteiger charge is -2.28. The second-order valence-corrected chi connectivity index (χ2v) is 2.87. The summed E-state index contributed by atoms with van der Waals surface area (Å²) in [6.07, 6.45) is -1.61. The van der Waals surface area contributed by atoms with Gasteiger partial charge in [-0.2, -0.15) is 0 Å². The highest BCUT2D eigenvalue weighted by Gasteiger charge is 2.27. The zero-order valence-electron chi connectivity index (χ0n) is 6.00. The summed E-state index contributed by atoms with van der Waals surface area (Å²) >= 11 is 0. The van der Waals surface area contributed by atoms with Crippen LogP contribution < -0.4 is 5.11 Å². The summed E-state index contributed by atoms with van der Waals surface area (Å²) in [5.74, 6) is -1.56. The molecule has 0 aromatic rings. The molecule has 0 aromatic carbocycles. The van der Waals surface area contributed by atoms with Crippen LogP contribution in [-0.2, 0) is 4.79 Å². The molecule has 1 unspecified atom stereocenters. The third kappa shape index (κ3) is 1.97. The van der Waals surface area contributed by atoms with E-state index in [2.05, 4.69) is 0 Å². The largest absolute Gasteiger partial charge is 0.547 e. The SMILES string of the molecule is CC(C)(CO)C(O)C(=O)[O-]. The van der Waals surface area contributed by atoms with Crippen molar-refractivity contribution >= 4 is 5.97 Å². The van der Waals surface area contributed by atoms with Gasteiger partial charge in [-0.1, -0.05) is 13.8 Å². The van der Waals surface area contributed by atoms with Gasteiger partial charge in [-0.15, -0.1) is 0 Å². The topological polar surface area (TPSA) is 80.6 Å². The minimum absolute atomic E-state index is 0.387. The molecule has 0 aliphatic carbocycles. The maximum Gasteiger partial charge on any atom is 0.101 e. The van der Waals surface area contributed by atoms with Crippen molar-refractivity contribution in [3.63, 3.8) is 0 Å². The molecule has 0 aliphatic rings. The fourth-order valence-corrected chi connectivity index (χ4v) is 0.406. The van der Waals surface area contributed by atoms with Gasteiger partial charge in [0.1, 0.15) is 6.10 Å². The van der Waals surface area contributed by atoms with E-state index < -0.39 is 17.5 Å². The molecule has 1 atom stereocenters. The molecule has 0 aromatic heterocycles. The molecular formula is C6H11O4-. The smallest absolute Gasteiger partial charge is 0.101 e. The minimum atomic E-state index is -1.61. The first-order valence-corrected chi connectivity index (χ1v) is 2.91. The monoisotopic (exact) mass is 147 g/mol. The van der Waals surface area contributed by atoms with E-state index in [1.807, 2.05) is 0 Å². The zero-order chi connectivity index (χ0) is 8.36. The van der Waals surface area contributed by atoms with Gasteiger partial charge in [-0.3, -0.25) is 0 Å². The Bertz CT molecular complexity index is 130. The van der Waals surface area contributed by atoms with Gasteiger partial charge in [0.2, 0.25) is 0 Å². The van der Waals surface area contributed by atoms with Crippen LogP contribution in [0.15, 0.2) is 0 Å². The number of aliphatic hydroxyl groups excluding tert-OH is 2. The fraction of sp³-hybridized carbons (Fsp3) is 0.833. The van der Waals surface area contributed by atoms with E-state index in [4.69, 9.17) is 10.2 Å². The Morgan fingerprint density at radius 1 is 1.70 bits per heavy atom. The number of hydrogen-bond acceptors (Lipinski definition) is 4. The van der Waals surface area contributed by atoms with Crippen molar-refractivity contribution in [1.29, 1.82) is 0 Å². The molecule has 10 heavy (non-hydrogen) atoms. The molecule has 0 spiro atoms. The van der Waals surface area contributed by atoms with Crippen LogP contribution in [-0.4, -0.2) is 28.9 Å². The summed E-state index contributed by atoms with van der Waals surface area (Å²) in [6.45, 7) is 2.49. The Balaban J connectivity index is 4.17. The Morgan fingerprint density at radius 2 is 2.10 bits per heavy atom. The number of carboxylic acids is 1. The highest BCUT2D eigenvalue weighted by molar-refractivity contribution is 5.70.